The molecule has 1 amide bonds. The van der Waals surface area contributed by atoms with Crippen molar-refractivity contribution in [2.24, 2.45) is 11.8 Å². The number of amides is 1. The predicted molar refractivity (Wildman–Crippen MR) is 79.4 cm³/mol. The Morgan fingerprint density at radius 3 is 2.05 bits per heavy atom. The number of hydrogen-bond donors (Lipinski definition) is 1. The maximum atomic E-state index is 12.5. The highest BCUT2D eigenvalue weighted by Gasteiger charge is 2.32. The van der Waals surface area contributed by atoms with Gasteiger partial charge >= 0.3 is 0 Å². The van der Waals surface area contributed by atoms with Crippen molar-refractivity contribution in [1.29, 1.82) is 0 Å². The zero-order chi connectivity index (χ0) is 14.5. The highest BCUT2D eigenvalue weighted by Crippen LogP contribution is 2.31. The molecule has 0 spiro atoms. The van der Waals surface area contributed by atoms with Gasteiger partial charge in [-0.3, -0.25) is 9.59 Å². The van der Waals surface area contributed by atoms with Crippen LogP contribution in [0.3, 0.4) is 0 Å². The van der Waals surface area contributed by atoms with E-state index in [0.717, 1.165) is 58.2 Å². The number of carbonyl (C=O) groups excluding carboxylic acids is 2. The van der Waals surface area contributed by atoms with Crippen molar-refractivity contribution >= 4 is 11.7 Å². The van der Waals surface area contributed by atoms with Crippen LogP contribution in [0.4, 0.5) is 0 Å². The first-order valence-electron chi connectivity index (χ1n) is 8.14. The Bertz CT molecular complexity index is 340. The van der Waals surface area contributed by atoms with Crippen LogP contribution in [0.15, 0.2) is 0 Å². The second kappa shape index (κ2) is 7.21. The van der Waals surface area contributed by atoms with Crippen molar-refractivity contribution in [2.75, 3.05) is 19.6 Å². The smallest absolute Gasteiger partial charge is 0.225 e. The highest BCUT2D eigenvalue weighted by molar-refractivity contribution is 5.81. The van der Waals surface area contributed by atoms with Gasteiger partial charge in [-0.05, 0) is 52.0 Å². The Morgan fingerprint density at radius 1 is 1.00 bits per heavy atom. The second-order valence-electron chi connectivity index (χ2n) is 6.32. The largest absolute Gasteiger partial charge is 0.342 e. The fourth-order valence-corrected chi connectivity index (χ4v) is 3.60. The number of Topliss-reactive ketones (excluding diaryl/α,β-unsaturated/α-hetero) is 1. The third kappa shape index (κ3) is 3.81. The molecule has 0 aromatic rings. The summed E-state index contributed by atoms with van der Waals surface area (Å²) in [4.78, 5) is 25.9. The van der Waals surface area contributed by atoms with Crippen molar-refractivity contribution in [3.05, 3.63) is 0 Å². The van der Waals surface area contributed by atoms with Gasteiger partial charge in [0.15, 0.2) is 0 Å². The van der Waals surface area contributed by atoms with Crippen molar-refractivity contribution in [3.8, 4) is 0 Å². The first kappa shape index (κ1) is 15.5. The molecule has 2 fully saturated rings. The summed E-state index contributed by atoms with van der Waals surface area (Å²) in [6.45, 7) is 6.60. The summed E-state index contributed by atoms with van der Waals surface area (Å²) in [7, 11) is 0. The van der Waals surface area contributed by atoms with E-state index in [9.17, 15) is 9.59 Å². The van der Waals surface area contributed by atoms with Crippen LogP contribution < -0.4 is 5.32 Å². The molecule has 1 heterocycles. The molecule has 1 saturated carbocycles. The van der Waals surface area contributed by atoms with Crippen molar-refractivity contribution in [3.63, 3.8) is 0 Å². The molecule has 4 nitrogen and oxygen atoms in total. The summed E-state index contributed by atoms with van der Waals surface area (Å²) in [6, 6.07) is 0.581. The Balaban J connectivity index is 1.77. The monoisotopic (exact) mass is 280 g/mol. The lowest BCUT2D eigenvalue weighted by molar-refractivity contribution is -0.139. The summed E-state index contributed by atoms with van der Waals surface area (Å²) in [5, 5.41) is 3.47. The number of ketones is 1. The lowest BCUT2D eigenvalue weighted by Crippen LogP contribution is -2.47. The molecule has 0 aromatic heterocycles. The average molecular weight is 280 g/mol. The van der Waals surface area contributed by atoms with Gasteiger partial charge in [-0.1, -0.05) is 6.92 Å². The summed E-state index contributed by atoms with van der Waals surface area (Å²) in [6.07, 6.45) is 5.75. The normalized spacial score (nSPS) is 28.4. The van der Waals surface area contributed by atoms with E-state index >= 15 is 0 Å². The van der Waals surface area contributed by atoms with Crippen LogP contribution in [-0.2, 0) is 9.59 Å². The SMILES string of the molecule is CCNC1CCN(C(=O)[C@H]2CC[C@@H](C(C)=O)CC2)CC1. The maximum absolute atomic E-state index is 12.5. The van der Waals surface area contributed by atoms with Gasteiger partial charge in [0.1, 0.15) is 5.78 Å². The number of likely N-dealkylation sites (tertiary alicyclic amines) is 1. The van der Waals surface area contributed by atoms with Crippen LogP contribution in [0.25, 0.3) is 0 Å². The van der Waals surface area contributed by atoms with Gasteiger partial charge in [-0.25, -0.2) is 0 Å². The first-order chi connectivity index (χ1) is 9.61. The van der Waals surface area contributed by atoms with Crippen molar-refractivity contribution in [1.82, 2.24) is 10.2 Å². The van der Waals surface area contributed by atoms with E-state index in [1.165, 1.54) is 0 Å². The van der Waals surface area contributed by atoms with E-state index in [1.54, 1.807) is 6.92 Å². The molecule has 0 unspecified atom stereocenters. The van der Waals surface area contributed by atoms with E-state index in [4.69, 9.17) is 0 Å². The van der Waals surface area contributed by atoms with Crippen LogP contribution in [0.2, 0.25) is 0 Å². The summed E-state index contributed by atoms with van der Waals surface area (Å²) >= 11 is 0. The molecule has 4 heteroatoms. The first-order valence-corrected chi connectivity index (χ1v) is 8.14. The molecular weight excluding hydrogens is 252 g/mol. The standard InChI is InChI=1S/C16H28N2O2/c1-3-17-15-8-10-18(11-9-15)16(20)14-6-4-13(5-7-14)12(2)19/h13-15,17H,3-11H2,1-2H3/t13-,14+. The van der Waals surface area contributed by atoms with E-state index in [1.807, 2.05) is 4.90 Å². The Morgan fingerprint density at radius 2 is 1.55 bits per heavy atom. The van der Waals surface area contributed by atoms with Crippen molar-refractivity contribution < 1.29 is 9.59 Å². The van der Waals surface area contributed by atoms with Gasteiger partial charge in [0, 0.05) is 31.0 Å². The van der Waals surface area contributed by atoms with E-state index in [0.29, 0.717) is 17.7 Å². The lowest BCUT2D eigenvalue weighted by Gasteiger charge is -2.36. The topological polar surface area (TPSA) is 49.4 Å². The third-order valence-electron chi connectivity index (χ3n) is 4.95. The number of carbonyl (C=O) groups is 2. The zero-order valence-corrected chi connectivity index (χ0v) is 12.9. The van der Waals surface area contributed by atoms with E-state index in [2.05, 4.69) is 12.2 Å². The number of nitrogens with zero attached hydrogens (tertiary/aromatic N) is 1. The van der Waals surface area contributed by atoms with Crippen molar-refractivity contribution in [2.45, 2.75) is 58.4 Å². The Kier molecular flexibility index (Phi) is 5.58. The molecule has 0 aromatic carbocycles. The number of nitrogens with one attached hydrogen (secondary N) is 1. The minimum atomic E-state index is 0.168. The number of piperidine rings is 1. The predicted octanol–water partition coefficient (Wildman–Crippen LogP) is 1.98. The molecule has 0 radical (unpaired) electrons. The van der Waals surface area contributed by atoms with Gasteiger partial charge in [0.05, 0.1) is 0 Å². The van der Waals surface area contributed by atoms with Gasteiger partial charge in [-0.15, -0.1) is 0 Å². The van der Waals surface area contributed by atoms with E-state index < -0.39 is 0 Å². The summed E-state index contributed by atoms with van der Waals surface area (Å²) < 4.78 is 0. The quantitative estimate of drug-likeness (QED) is 0.856. The molecule has 114 valence electrons. The van der Waals surface area contributed by atoms with E-state index in [-0.39, 0.29) is 11.8 Å². The third-order valence-corrected chi connectivity index (χ3v) is 4.95. The fraction of sp³-hybridized carbons (Fsp3) is 0.875. The molecule has 0 bridgehead atoms. The molecule has 2 rings (SSSR count). The van der Waals surface area contributed by atoms with Gasteiger partial charge in [0.25, 0.3) is 0 Å². The minimum Gasteiger partial charge on any atom is -0.342 e. The molecule has 1 aliphatic heterocycles. The molecule has 1 N–H and O–H groups in total. The molecule has 1 saturated heterocycles. The Labute approximate surface area is 122 Å². The van der Waals surface area contributed by atoms with Crippen LogP contribution >= 0.6 is 0 Å². The molecule has 2 aliphatic rings. The van der Waals surface area contributed by atoms with Gasteiger partial charge < -0.3 is 10.2 Å². The molecule has 0 atom stereocenters. The number of hydrogen-bond acceptors (Lipinski definition) is 3. The second-order valence-corrected chi connectivity index (χ2v) is 6.32. The fourth-order valence-electron chi connectivity index (χ4n) is 3.60. The molecule has 20 heavy (non-hydrogen) atoms. The Hall–Kier alpha value is -0.900. The average Bonchev–Trinajstić information content (AvgIpc) is 2.48. The van der Waals surface area contributed by atoms with Crippen LogP contribution in [-0.4, -0.2) is 42.3 Å². The lowest BCUT2D eigenvalue weighted by atomic mass is 9.79. The highest BCUT2D eigenvalue weighted by atomic mass is 16.2. The maximum Gasteiger partial charge on any atom is 0.225 e. The van der Waals surface area contributed by atoms with Gasteiger partial charge in [-0.2, -0.15) is 0 Å². The minimum absolute atomic E-state index is 0.168. The summed E-state index contributed by atoms with van der Waals surface area (Å²) in [5.74, 6) is 1.00. The van der Waals surface area contributed by atoms with Crippen LogP contribution in [0.1, 0.15) is 52.4 Å². The van der Waals surface area contributed by atoms with Gasteiger partial charge in [0.2, 0.25) is 5.91 Å². The zero-order valence-electron chi connectivity index (χ0n) is 12.9. The number of rotatable bonds is 4. The van der Waals surface area contributed by atoms with Crippen LogP contribution in [0, 0.1) is 11.8 Å². The molecular formula is C16H28N2O2. The molecule has 1 aliphatic carbocycles. The van der Waals surface area contributed by atoms with Crippen LogP contribution in [0.5, 0.6) is 0 Å². The summed E-state index contributed by atoms with van der Waals surface area (Å²) in [5.41, 5.74) is 0.